The molecule has 0 aromatic carbocycles. The van der Waals surface area contributed by atoms with Gasteiger partial charge in [0.2, 0.25) is 0 Å². The summed E-state index contributed by atoms with van der Waals surface area (Å²) in [6, 6.07) is 0. The molecule has 4 heteroatoms. The first kappa shape index (κ1) is 11.0. The molecule has 3 fully saturated rings. The van der Waals surface area contributed by atoms with E-state index in [-0.39, 0.29) is 24.0 Å². The van der Waals surface area contributed by atoms with Crippen molar-refractivity contribution in [3.8, 4) is 0 Å². The Labute approximate surface area is 116 Å². The van der Waals surface area contributed by atoms with Crippen LogP contribution in [-0.4, -0.2) is 24.1 Å². The molecule has 6 atom stereocenters. The summed E-state index contributed by atoms with van der Waals surface area (Å²) >= 11 is 0. The molecule has 0 amide bonds. The monoisotopic (exact) mass is 270 g/mol. The third-order valence-electron chi connectivity index (χ3n) is 5.92. The summed E-state index contributed by atoms with van der Waals surface area (Å²) in [4.78, 5) is 25.2. The van der Waals surface area contributed by atoms with Gasteiger partial charge in [-0.1, -0.05) is 35.5 Å². The Morgan fingerprint density at radius 2 is 1.45 bits per heavy atom. The molecule has 2 saturated heterocycles. The highest BCUT2D eigenvalue weighted by molar-refractivity contribution is 6.07. The highest BCUT2D eigenvalue weighted by Gasteiger charge is 2.88. The van der Waals surface area contributed by atoms with Crippen molar-refractivity contribution in [2.75, 3.05) is 0 Å². The molecule has 0 aromatic heterocycles. The van der Waals surface area contributed by atoms with Crippen molar-refractivity contribution in [2.24, 2.45) is 22.7 Å². The van der Waals surface area contributed by atoms with E-state index in [1.165, 1.54) is 11.1 Å². The van der Waals surface area contributed by atoms with Gasteiger partial charge in [0.15, 0.2) is 0 Å². The first-order valence-electron chi connectivity index (χ1n) is 7.02. The SMILES string of the molecule is CC(C)=C1[C@H]2C=C[C@@H]1[C@]13C(=O)OC(=O)[C@]21[C@H]1C=C[C@@H]3O1. The van der Waals surface area contributed by atoms with Crippen LogP contribution in [0, 0.1) is 22.7 Å². The lowest BCUT2D eigenvalue weighted by Crippen LogP contribution is -2.53. The van der Waals surface area contributed by atoms with E-state index in [9.17, 15) is 9.59 Å². The number of ether oxygens (including phenoxy) is 2. The summed E-state index contributed by atoms with van der Waals surface area (Å²) in [7, 11) is 0. The molecular weight excluding hydrogens is 256 g/mol. The standard InChI is InChI=1S/C16H14O4/c1-7(2)12-8-3-4-9(12)16-11-6-5-10(19-11)15(8,16)13(17)20-14(16)18/h3-6,8-11H,1-2H3/t8-,9+,10-,11+,15-,16+. The summed E-state index contributed by atoms with van der Waals surface area (Å²) in [6.45, 7) is 4.11. The molecule has 102 valence electrons. The second-order valence-electron chi connectivity index (χ2n) is 6.57. The molecule has 0 unspecified atom stereocenters. The average molecular weight is 270 g/mol. The number of esters is 2. The molecule has 0 spiro atoms. The molecule has 0 N–H and O–H groups in total. The van der Waals surface area contributed by atoms with Crippen molar-refractivity contribution in [2.45, 2.75) is 26.1 Å². The molecule has 1 saturated carbocycles. The minimum Gasteiger partial charge on any atom is -0.392 e. The molecule has 2 aliphatic carbocycles. The van der Waals surface area contributed by atoms with E-state index in [0.29, 0.717) is 0 Å². The molecule has 20 heavy (non-hydrogen) atoms. The third-order valence-corrected chi connectivity index (χ3v) is 5.92. The fourth-order valence-corrected chi connectivity index (χ4v) is 5.42. The minimum absolute atomic E-state index is 0.0589. The zero-order chi connectivity index (χ0) is 13.9. The minimum atomic E-state index is -0.852. The average Bonchev–Trinajstić information content (AvgIpc) is 3.14. The molecule has 5 rings (SSSR count). The summed E-state index contributed by atoms with van der Waals surface area (Å²) in [5.74, 6) is -0.905. The van der Waals surface area contributed by atoms with Crippen molar-refractivity contribution in [1.29, 1.82) is 0 Å². The number of cyclic esters (lactones) is 2. The van der Waals surface area contributed by atoms with Gasteiger partial charge < -0.3 is 9.47 Å². The van der Waals surface area contributed by atoms with Crippen LogP contribution in [0.4, 0.5) is 0 Å². The van der Waals surface area contributed by atoms with E-state index in [0.717, 1.165) is 0 Å². The van der Waals surface area contributed by atoms with Gasteiger partial charge in [-0.25, -0.2) is 0 Å². The van der Waals surface area contributed by atoms with E-state index < -0.39 is 22.8 Å². The molecule has 4 nitrogen and oxygen atoms in total. The lowest BCUT2D eigenvalue weighted by atomic mass is 9.54. The summed E-state index contributed by atoms with van der Waals surface area (Å²) in [6.07, 6.45) is 7.34. The van der Waals surface area contributed by atoms with E-state index in [1.54, 1.807) is 0 Å². The number of carbonyl (C=O) groups excluding carboxylic acids is 2. The quantitative estimate of drug-likeness (QED) is 0.380. The molecule has 4 bridgehead atoms. The predicted octanol–water partition coefficient (Wildman–Crippen LogP) is 1.53. The summed E-state index contributed by atoms with van der Waals surface area (Å²) in [5.41, 5.74) is 0.711. The Morgan fingerprint density at radius 3 is 1.90 bits per heavy atom. The Morgan fingerprint density at radius 1 is 0.950 bits per heavy atom. The Balaban J connectivity index is 1.92. The van der Waals surface area contributed by atoms with Gasteiger partial charge in [-0.2, -0.15) is 0 Å². The third kappa shape index (κ3) is 0.713. The van der Waals surface area contributed by atoms with E-state index in [4.69, 9.17) is 9.47 Å². The lowest BCUT2D eigenvalue weighted by molar-refractivity contribution is -0.160. The van der Waals surface area contributed by atoms with Crippen molar-refractivity contribution in [1.82, 2.24) is 0 Å². The van der Waals surface area contributed by atoms with Gasteiger partial charge in [-0.05, 0) is 13.8 Å². The van der Waals surface area contributed by atoms with E-state index >= 15 is 0 Å². The van der Waals surface area contributed by atoms with Crippen LogP contribution in [0.15, 0.2) is 35.5 Å². The van der Waals surface area contributed by atoms with Gasteiger partial charge in [0.05, 0.1) is 12.2 Å². The second-order valence-corrected chi connectivity index (χ2v) is 6.57. The van der Waals surface area contributed by atoms with Gasteiger partial charge in [0.1, 0.15) is 10.8 Å². The van der Waals surface area contributed by atoms with Crippen LogP contribution in [-0.2, 0) is 19.1 Å². The van der Waals surface area contributed by atoms with Gasteiger partial charge in [0.25, 0.3) is 0 Å². The molecule has 0 aromatic rings. The van der Waals surface area contributed by atoms with Crippen LogP contribution in [0.5, 0.6) is 0 Å². The number of allylic oxidation sites excluding steroid dienone is 4. The predicted molar refractivity (Wildman–Crippen MR) is 68.3 cm³/mol. The zero-order valence-electron chi connectivity index (χ0n) is 11.3. The first-order valence-corrected chi connectivity index (χ1v) is 7.02. The highest BCUT2D eigenvalue weighted by atomic mass is 16.6. The van der Waals surface area contributed by atoms with E-state index in [2.05, 4.69) is 26.0 Å². The number of carbonyl (C=O) groups is 2. The molecule has 3 heterocycles. The Hall–Kier alpha value is -1.68. The normalized spacial score (nSPS) is 52.8. The maximum atomic E-state index is 12.6. The molecule has 0 radical (unpaired) electrons. The van der Waals surface area contributed by atoms with Crippen LogP contribution in [0.2, 0.25) is 0 Å². The summed E-state index contributed by atoms with van der Waals surface area (Å²) < 4.78 is 11.0. The Kier molecular flexibility index (Phi) is 1.57. The van der Waals surface area contributed by atoms with Crippen LogP contribution >= 0.6 is 0 Å². The molecular formula is C16H14O4. The van der Waals surface area contributed by atoms with Crippen molar-refractivity contribution < 1.29 is 19.1 Å². The van der Waals surface area contributed by atoms with Gasteiger partial charge in [0, 0.05) is 11.8 Å². The van der Waals surface area contributed by atoms with Gasteiger partial charge in [-0.15, -0.1) is 0 Å². The van der Waals surface area contributed by atoms with Crippen molar-refractivity contribution in [3.05, 3.63) is 35.5 Å². The van der Waals surface area contributed by atoms with E-state index in [1.807, 2.05) is 12.2 Å². The second kappa shape index (κ2) is 2.84. The number of fused-ring (bicyclic) bond motifs is 4. The molecule has 5 aliphatic rings. The van der Waals surface area contributed by atoms with Crippen LogP contribution in [0.25, 0.3) is 0 Å². The van der Waals surface area contributed by atoms with Crippen LogP contribution in [0.1, 0.15) is 13.8 Å². The largest absolute Gasteiger partial charge is 0.392 e. The number of rotatable bonds is 0. The first-order chi connectivity index (χ1) is 9.56. The van der Waals surface area contributed by atoms with Crippen LogP contribution in [0.3, 0.4) is 0 Å². The van der Waals surface area contributed by atoms with Crippen molar-refractivity contribution in [3.63, 3.8) is 0 Å². The fraction of sp³-hybridized carbons (Fsp3) is 0.500. The zero-order valence-corrected chi connectivity index (χ0v) is 11.3. The van der Waals surface area contributed by atoms with Crippen molar-refractivity contribution >= 4 is 11.9 Å². The molecule has 3 aliphatic heterocycles. The number of hydrogen-bond donors (Lipinski definition) is 0. The summed E-state index contributed by atoms with van der Waals surface area (Å²) in [5, 5.41) is 0. The van der Waals surface area contributed by atoms with Gasteiger partial charge in [-0.3, -0.25) is 9.59 Å². The highest BCUT2D eigenvalue weighted by Crippen LogP contribution is 2.77. The number of hydrogen-bond acceptors (Lipinski definition) is 4. The lowest BCUT2D eigenvalue weighted by Gasteiger charge is -2.38. The fourth-order valence-electron chi connectivity index (χ4n) is 5.42. The topological polar surface area (TPSA) is 52.6 Å². The maximum Gasteiger partial charge on any atom is 0.325 e. The Bertz CT molecular complexity index is 633. The maximum absolute atomic E-state index is 12.6. The van der Waals surface area contributed by atoms with Crippen LogP contribution < -0.4 is 0 Å². The smallest absolute Gasteiger partial charge is 0.325 e. The van der Waals surface area contributed by atoms with Gasteiger partial charge >= 0.3 is 11.9 Å².